The van der Waals surface area contributed by atoms with Crippen LogP contribution < -0.4 is 16.0 Å². The Kier molecular flexibility index (Phi) is 7.35. The Hall–Kier alpha value is -2.67. The minimum absolute atomic E-state index is 0.208. The first kappa shape index (κ1) is 19.7. The van der Waals surface area contributed by atoms with Gasteiger partial charge in [0.25, 0.3) is 0 Å². The molecule has 7 heteroatoms. The maximum absolute atomic E-state index is 11.8. The molecule has 1 heterocycles. The van der Waals surface area contributed by atoms with Crippen molar-refractivity contribution < 1.29 is 4.79 Å². The number of carbonyl (C=O) groups is 1. The van der Waals surface area contributed by atoms with E-state index in [4.69, 9.17) is 0 Å². The number of amides is 1. The maximum atomic E-state index is 11.8. The molecule has 1 atom stereocenters. The van der Waals surface area contributed by atoms with Gasteiger partial charge in [-0.1, -0.05) is 12.7 Å². The molecule has 1 aliphatic rings. The van der Waals surface area contributed by atoms with Crippen LogP contribution in [0.2, 0.25) is 0 Å². The van der Waals surface area contributed by atoms with Crippen molar-refractivity contribution in [2.75, 3.05) is 38.3 Å². The fourth-order valence-electron chi connectivity index (χ4n) is 2.78. The van der Waals surface area contributed by atoms with Crippen molar-refractivity contribution in [1.29, 1.82) is 0 Å². The zero-order valence-electron chi connectivity index (χ0n) is 15.7. The molecule has 0 aliphatic heterocycles. The van der Waals surface area contributed by atoms with Crippen molar-refractivity contribution in [2.45, 2.75) is 19.3 Å². The third-order valence-corrected chi connectivity index (χ3v) is 4.15. The predicted octanol–water partition coefficient (Wildman–Crippen LogP) is 2.36. The summed E-state index contributed by atoms with van der Waals surface area (Å²) in [6.07, 6.45) is 9.96. The molecule has 26 heavy (non-hydrogen) atoms. The van der Waals surface area contributed by atoms with E-state index >= 15 is 0 Å². The van der Waals surface area contributed by atoms with Crippen molar-refractivity contribution in [3.05, 3.63) is 48.6 Å². The molecule has 0 radical (unpaired) electrons. The average molecular weight is 356 g/mol. The fraction of sp³-hybridized carbons (Fsp3) is 0.421. The zero-order chi connectivity index (χ0) is 18.9. The van der Waals surface area contributed by atoms with E-state index in [1.54, 1.807) is 7.05 Å². The summed E-state index contributed by atoms with van der Waals surface area (Å²) in [5, 5.41) is 9.19. The number of rotatable bonds is 9. The Balaban J connectivity index is 2.12. The van der Waals surface area contributed by atoms with Crippen LogP contribution in [-0.2, 0) is 4.79 Å². The maximum Gasteiger partial charge on any atom is 0.247 e. The first-order chi connectivity index (χ1) is 12.5. The van der Waals surface area contributed by atoms with Crippen molar-refractivity contribution in [2.24, 2.45) is 5.92 Å². The Morgan fingerprint density at radius 3 is 2.85 bits per heavy atom. The van der Waals surface area contributed by atoms with Gasteiger partial charge in [-0.3, -0.25) is 4.79 Å². The van der Waals surface area contributed by atoms with Crippen molar-refractivity contribution in [3.8, 4) is 0 Å². The number of hydrogen-bond donors (Lipinski definition) is 3. The van der Waals surface area contributed by atoms with E-state index < -0.39 is 0 Å². The lowest BCUT2D eigenvalue weighted by Crippen LogP contribution is -2.27. The number of nitrogens with zero attached hydrogens (tertiary/aromatic N) is 3. The third-order valence-electron chi connectivity index (χ3n) is 4.15. The van der Waals surface area contributed by atoms with Crippen LogP contribution in [-0.4, -0.2) is 48.5 Å². The molecule has 0 aromatic carbocycles. The monoisotopic (exact) mass is 356 g/mol. The van der Waals surface area contributed by atoms with E-state index in [0.717, 1.165) is 43.0 Å². The van der Waals surface area contributed by atoms with Crippen LogP contribution in [0.4, 0.5) is 11.6 Å². The predicted molar refractivity (Wildman–Crippen MR) is 106 cm³/mol. The number of anilines is 2. The lowest BCUT2D eigenvalue weighted by atomic mass is 9.92. The van der Waals surface area contributed by atoms with Gasteiger partial charge < -0.3 is 20.9 Å². The van der Waals surface area contributed by atoms with Crippen LogP contribution in [0.25, 0.3) is 0 Å². The highest BCUT2D eigenvalue weighted by atomic mass is 16.1. The summed E-state index contributed by atoms with van der Waals surface area (Å²) >= 11 is 0. The molecule has 0 bridgehead atoms. The smallest absolute Gasteiger partial charge is 0.247 e. The standard InChI is InChI=1S/C19H28N6O/c1-5-19(26)24-16-11-14(7-6-10-25(3)4)8-9-15(16)23-18-12-17(20-2)21-13-22-18/h5,8-9,12-14H,1,6-7,10-11H2,2-4H3,(H,24,26)(H2,20,21,22,23). The Morgan fingerprint density at radius 2 is 2.15 bits per heavy atom. The number of allylic oxidation sites excluding steroid dienone is 3. The molecule has 2 rings (SSSR count). The summed E-state index contributed by atoms with van der Waals surface area (Å²) in [5.41, 5.74) is 1.70. The summed E-state index contributed by atoms with van der Waals surface area (Å²) in [4.78, 5) is 22.4. The molecule has 1 amide bonds. The minimum atomic E-state index is -0.208. The summed E-state index contributed by atoms with van der Waals surface area (Å²) in [6.45, 7) is 4.60. The van der Waals surface area contributed by atoms with E-state index in [1.165, 1.54) is 12.4 Å². The van der Waals surface area contributed by atoms with Crippen molar-refractivity contribution in [3.63, 3.8) is 0 Å². The van der Waals surface area contributed by atoms with Gasteiger partial charge >= 0.3 is 0 Å². The molecule has 1 aromatic heterocycles. The van der Waals surface area contributed by atoms with Gasteiger partial charge in [-0.05, 0) is 58.0 Å². The number of aromatic nitrogens is 2. The Bertz CT molecular complexity index is 695. The molecule has 3 N–H and O–H groups in total. The van der Waals surface area contributed by atoms with Gasteiger partial charge in [-0.15, -0.1) is 0 Å². The van der Waals surface area contributed by atoms with E-state index in [1.807, 2.05) is 12.1 Å². The summed E-state index contributed by atoms with van der Waals surface area (Å²) in [6, 6.07) is 1.82. The van der Waals surface area contributed by atoms with Crippen molar-refractivity contribution >= 4 is 17.5 Å². The fourth-order valence-corrected chi connectivity index (χ4v) is 2.78. The highest BCUT2D eigenvalue weighted by Crippen LogP contribution is 2.26. The Labute approximate surface area is 155 Å². The second-order valence-corrected chi connectivity index (χ2v) is 6.52. The number of hydrogen-bond acceptors (Lipinski definition) is 6. The van der Waals surface area contributed by atoms with Gasteiger partial charge in [0.2, 0.25) is 5.91 Å². The summed E-state index contributed by atoms with van der Waals surface area (Å²) in [7, 11) is 5.96. The van der Waals surface area contributed by atoms with E-state index in [0.29, 0.717) is 11.7 Å². The number of carbonyl (C=O) groups excluding carboxylic acids is 1. The lowest BCUT2D eigenvalue weighted by molar-refractivity contribution is -0.115. The van der Waals surface area contributed by atoms with Crippen LogP contribution in [0.1, 0.15) is 19.3 Å². The first-order valence-corrected chi connectivity index (χ1v) is 8.78. The van der Waals surface area contributed by atoms with Crippen LogP contribution in [0.5, 0.6) is 0 Å². The van der Waals surface area contributed by atoms with Gasteiger partial charge in [0.15, 0.2) is 0 Å². The van der Waals surface area contributed by atoms with E-state index in [2.05, 4.69) is 57.6 Å². The van der Waals surface area contributed by atoms with Crippen LogP contribution in [0, 0.1) is 5.92 Å². The number of nitrogens with one attached hydrogen (secondary N) is 3. The van der Waals surface area contributed by atoms with Gasteiger partial charge in [-0.25, -0.2) is 9.97 Å². The highest BCUT2D eigenvalue weighted by Gasteiger charge is 2.18. The quantitative estimate of drug-likeness (QED) is 0.589. The molecule has 140 valence electrons. The zero-order valence-corrected chi connectivity index (χ0v) is 15.7. The molecule has 0 fully saturated rings. The molecule has 0 saturated carbocycles. The average Bonchev–Trinajstić information content (AvgIpc) is 2.63. The second-order valence-electron chi connectivity index (χ2n) is 6.52. The van der Waals surface area contributed by atoms with Gasteiger partial charge in [0.1, 0.15) is 18.0 Å². The van der Waals surface area contributed by atoms with Gasteiger partial charge in [0, 0.05) is 18.8 Å². The largest absolute Gasteiger partial charge is 0.373 e. The normalized spacial score (nSPS) is 16.5. The third kappa shape index (κ3) is 6.00. The van der Waals surface area contributed by atoms with Crippen LogP contribution >= 0.6 is 0 Å². The summed E-state index contributed by atoms with van der Waals surface area (Å²) in [5.74, 6) is 1.58. The molecular weight excluding hydrogens is 328 g/mol. The molecule has 7 nitrogen and oxygen atoms in total. The van der Waals surface area contributed by atoms with E-state index in [-0.39, 0.29) is 5.91 Å². The van der Waals surface area contributed by atoms with Crippen LogP contribution in [0.15, 0.2) is 48.6 Å². The first-order valence-electron chi connectivity index (χ1n) is 8.78. The van der Waals surface area contributed by atoms with Gasteiger partial charge in [0.05, 0.1) is 5.70 Å². The summed E-state index contributed by atoms with van der Waals surface area (Å²) < 4.78 is 0. The SMILES string of the molecule is C=CC(=O)NC1=C(Nc2cc(NC)ncn2)C=CC(CCCN(C)C)C1. The lowest BCUT2D eigenvalue weighted by Gasteiger charge is -2.24. The second kappa shape index (κ2) is 9.72. The van der Waals surface area contributed by atoms with Gasteiger partial charge in [-0.2, -0.15) is 0 Å². The topological polar surface area (TPSA) is 82.2 Å². The Morgan fingerprint density at radius 1 is 1.38 bits per heavy atom. The van der Waals surface area contributed by atoms with E-state index in [9.17, 15) is 4.79 Å². The highest BCUT2D eigenvalue weighted by molar-refractivity contribution is 5.88. The van der Waals surface area contributed by atoms with Crippen molar-refractivity contribution in [1.82, 2.24) is 20.2 Å². The molecule has 0 saturated heterocycles. The molecule has 0 spiro atoms. The molecule has 1 aliphatic carbocycles. The molecular formula is C19H28N6O. The molecule has 1 unspecified atom stereocenters. The molecule has 1 aromatic rings. The van der Waals surface area contributed by atoms with Crippen LogP contribution in [0.3, 0.4) is 0 Å². The minimum Gasteiger partial charge on any atom is -0.373 e.